The largest absolute Gasteiger partial charge is 0.462 e. The minimum Gasteiger partial charge on any atom is -0.462 e. The molecule has 0 aromatic heterocycles. The molecule has 0 unspecified atom stereocenters. The molecule has 32 heavy (non-hydrogen) atoms. The summed E-state index contributed by atoms with van der Waals surface area (Å²) < 4.78 is 11.6. The fourth-order valence-electron chi connectivity index (χ4n) is 6.08. The third-order valence-electron chi connectivity index (χ3n) is 8.28. The molecule has 0 aromatic rings. The lowest BCUT2D eigenvalue weighted by molar-refractivity contribution is -0.157. The molecule has 0 radical (unpaired) electrons. The highest BCUT2D eigenvalue weighted by Gasteiger charge is 2.30. The molecule has 0 bridgehead atoms. The number of carbonyl (C=O) groups excluding carboxylic acids is 2. The molecule has 4 fully saturated rings. The van der Waals surface area contributed by atoms with Gasteiger partial charge in [-0.2, -0.15) is 0 Å². The Morgan fingerprint density at radius 1 is 0.469 bits per heavy atom. The summed E-state index contributed by atoms with van der Waals surface area (Å²) in [6, 6.07) is 0. The van der Waals surface area contributed by atoms with E-state index < -0.39 is 0 Å². The highest BCUT2D eigenvalue weighted by molar-refractivity contribution is 5.73. The van der Waals surface area contributed by atoms with Crippen molar-refractivity contribution in [3.05, 3.63) is 0 Å². The summed E-state index contributed by atoms with van der Waals surface area (Å²) in [4.78, 5) is 24.9. The van der Waals surface area contributed by atoms with Gasteiger partial charge in [0.05, 0.1) is 11.8 Å². The SMILES string of the molecule is O=C(OC1CCC(C#CC2CCC(C(=O)OC3CCCCC3)CC2)CC1)C1CCCCC1. The Morgan fingerprint density at radius 3 is 1.41 bits per heavy atom. The van der Waals surface area contributed by atoms with Gasteiger partial charge >= 0.3 is 11.9 Å². The first-order valence-corrected chi connectivity index (χ1v) is 13.6. The first-order chi connectivity index (χ1) is 15.7. The first-order valence-electron chi connectivity index (χ1n) is 13.6. The predicted molar refractivity (Wildman–Crippen MR) is 125 cm³/mol. The van der Waals surface area contributed by atoms with Crippen molar-refractivity contribution in [2.24, 2.45) is 23.7 Å². The van der Waals surface area contributed by atoms with Gasteiger partial charge in [0.1, 0.15) is 12.2 Å². The Bertz CT molecular complexity index is 661. The second-order valence-electron chi connectivity index (χ2n) is 10.8. The van der Waals surface area contributed by atoms with Crippen LogP contribution in [0.15, 0.2) is 0 Å². The van der Waals surface area contributed by atoms with E-state index in [4.69, 9.17) is 9.47 Å². The van der Waals surface area contributed by atoms with Crippen LogP contribution in [-0.2, 0) is 19.1 Å². The third-order valence-corrected chi connectivity index (χ3v) is 8.28. The molecule has 4 heteroatoms. The maximum atomic E-state index is 12.5. The van der Waals surface area contributed by atoms with E-state index in [-0.39, 0.29) is 36.0 Å². The van der Waals surface area contributed by atoms with Crippen LogP contribution >= 0.6 is 0 Å². The molecule has 4 aliphatic carbocycles. The molecule has 4 nitrogen and oxygen atoms in total. The Hall–Kier alpha value is -1.50. The number of hydrogen-bond acceptors (Lipinski definition) is 4. The standard InChI is InChI=1S/C28H42O4/c29-27(23-7-3-1-4-8-23)32-26-19-15-22(16-20-26)12-11-21-13-17-24(18-14-21)28(30)31-25-9-5-2-6-10-25/h21-26H,1-10,13-20H2. The van der Waals surface area contributed by atoms with Crippen LogP contribution < -0.4 is 0 Å². The summed E-state index contributed by atoms with van der Waals surface area (Å²) >= 11 is 0. The topological polar surface area (TPSA) is 52.6 Å². The van der Waals surface area contributed by atoms with Crippen molar-refractivity contribution in [1.29, 1.82) is 0 Å². The van der Waals surface area contributed by atoms with Gasteiger partial charge < -0.3 is 9.47 Å². The lowest BCUT2D eigenvalue weighted by atomic mass is 9.81. The Balaban J connectivity index is 1.12. The summed E-state index contributed by atoms with van der Waals surface area (Å²) in [5.74, 6) is 8.26. The lowest BCUT2D eigenvalue weighted by Crippen LogP contribution is -2.29. The quantitative estimate of drug-likeness (QED) is 0.376. The summed E-state index contributed by atoms with van der Waals surface area (Å²) in [7, 11) is 0. The Labute approximate surface area is 194 Å². The van der Waals surface area contributed by atoms with Crippen LogP contribution in [-0.4, -0.2) is 24.1 Å². The molecule has 0 aromatic carbocycles. The van der Waals surface area contributed by atoms with Crippen LogP contribution in [0.3, 0.4) is 0 Å². The van der Waals surface area contributed by atoms with E-state index in [0.717, 1.165) is 77.0 Å². The molecule has 4 saturated carbocycles. The van der Waals surface area contributed by atoms with E-state index in [1.807, 2.05) is 0 Å². The molecule has 0 N–H and O–H groups in total. The van der Waals surface area contributed by atoms with E-state index in [1.165, 1.54) is 38.5 Å². The number of ether oxygens (including phenoxy) is 2. The molecule has 0 atom stereocenters. The van der Waals surface area contributed by atoms with E-state index in [9.17, 15) is 9.59 Å². The zero-order valence-electron chi connectivity index (χ0n) is 19.8. The maximum absolute atomic E-state index is 12.5. The zero-order valence-corrected chi connectivity index (χ0v) is 19.8. The number of carbonyl (C=O) groups is 2. The Morgan fingerprint density at radius 2 is 0.875 bits per heavy atom. The predicted octanol–water partition coefficient (Wildman–Crippen LogP) is 6.35. The minimum absolute atomic E-state index is 0.0457. The average Bonchev–Trinajstić information content (AvgIpc) is 2.85. The van der Waals surface area contributed by atoms with Gasteiger partial charge in [-0.05, 0) is 89.9 Å². The van der Waals surface area contributed by atoms with E-state index >= 15 is 0 Å². The molecule has 0 heterocycles. The van der Waals surface area contributed by atoms with Crippen molar-refractivity contribution in [3.8, 4) is 11.8 Å². The Kier molecular flexibility index (Phi) is 8.94. The molecule has 4 rings (SSSR count). The van der Waals surface area contributed by atoms with E-state index in [1.54, 1.807) is 0 Å². The third kappa shape index (κ3) is 7.00. The lowest BCUT2D eigenvalue weighted by Gasteiger charge is -2.29. The normalized spacial score (nSPS) is 32.4. The number of rotatable bonds is 4. The highest BCUT2D eigenvalue weighted by Crippen LogP contribution is 2.32. The first kappa shape index (κ1) is 23.7. The van der Waals surface area contributed by atoms with E-state index in [2.05, 4.69) is 11.8 Å². The summed E-state index contributed by atoms with van der Waals surface area (Å²) in [5.41, 5.74) is 0. The van der Waals surface area contributed by atoms with Crippen molar-refractivity contribution in [3.63, 3.8) is 0 Å². The molecule has 178 valence electrons. The van der Waals surface area contributed by atoms with Gasteiger partial charge in [0.15, 0.2) is 0 Å². The molecule has 0 aliphatic heterocycles. The van der Waals surface area contributed by atoms with Crippen molar-refractivity contribution < 1.29 is 19.1 Å². The van der Waals surface area contributed by atoms with Crippen LogP contribution in [0.25, 0.3) is 0 Å². The van der Waals surface area contributed by atoms with Crippen LogP contribution in [0.1, 0.15) is 116 Å². The fourth-order valence-corrected chi connectivity index (χ4v) is 6.08. The van der Waals surface area contributed by atoms with Gasteiger partial charge in [0.2, 0.25) is 0 Å². The maximum Gasteiger partial charge on any atom is 0.309 e. The van der Waals surface area contributed by atoms with Crippen LogP contribution in [0.5, 0.6) is 0 Å². The number of hydrogen-bond donors (Lipinski definition) is 0. The van der Waals surface area contributed by atoms with Crippen molar-refractivity contribution >= 4 is 11.9 Å². The van der Waals surface area contributed by atoms with Crippen molar-refractivity contribution in [2.75, 3.05) is 0 Å². The van der Waals surface area contributed by atoms with Crippen LogP contribution in [0.4, 0.5) is 0 Å². The van der Waals surface area contributed by atoms with Crippen molar-refractivity contribution in [1.82, 2.24) is 0 Å². The van der Waals surface area contributed by atoms with Gasteiger partial charge in [-0.1, -0.05) is 37.5 Å². The molecule has 0 spiro atoms. The van der Waals surface area contributed by atoms with Crippen LogP contribution in [0, 0.1) is 35.5 Å². The smallest absolute Gasteiger partial charge is 0.309 e. The van der Waals surface area contributed by atoms with Crippen LogP contribution in [0.2, 0.25) is 0 Å². The molecular weight excluding hydrogens is 400 g/mol. The zero-order chi connectivity index (χ0) is 22.2. The van der Waals surface area contributed by atoms with E-state index in [0.29, 0.717) is 11.8 Å². The molecule has 0 amide bonds. The monoisotopic (exact) mass is 442 g/mol. The van der Waals surface area contributed by atoms with Gasteiger partial charge in [-0.25, -0.2) is 0 Å². The fraction of sp³-hybridized carbons (Fsp3) is 0.857. The average molecular weight is 443 g/mol. The summed E-state index contributed by atoms with van der Waals surface area (Å²) in [6.45, 7) is 0. The van der Waals surface area contributed by atoms with Gasteiger partial charge in [0.25, 0.3) is 0 Å². The minimum atomic E-state index is 0.0457. The van der Waals surface area contributed by atoms with Gasteiger partial charge in [0, 0.05) is 11.8 Å². The van der Waals surface area contributed by atoms with Gasteiger partial charge in [-0.15, -0.1) is 0 Å². The second kappa shape index (κ2) is 12.1. The van der Waals surface area contributed by atoms with Crippen molar-refractivity contribution in [2.45, 2.75) is 128 Å². The molecular formula is C28H42O4. The highest BCUT2D eigenvalue weighted by atomic mass is 16.5. The summed E-state index contributed by atoms with van der Waals surface area (Å²) in [6.07, 6.45) is 19.6. The van der Waals surface area contributed by atoms with Gasteiger partial charge in [-0.3, -0.25) is 9.59 Å². The second-order valence-corrected chi connectivity index (χ2v) is 10.8. The number of esters is 2. The summed E-state index contributed by atoms with van der Waals surface area (Å²) in [5, 5.41) is 0. The molecule has 4 aliphatic rings. The molecule has 0 saturated heterocycles.